The summed E-state index contributed by atoms with van der Waals surface area (Å²) < 4.78 is 20.0. The molecule has 3 aliphatic heterocycles. The summed E-state index contributed by atoms with van der Waals surface area (Å²) in [7, 11) is 0. The van der Waals surface area contributed by atoms with Gasteiger partial charge in [0.15, 0.2) is 0 Å². The zero-order valence-corrected chi connectivity index (χ0v) is 20.8. The van der Waals surface area contributed by atoms with E-state index in [2.05, 4.69) is 0 Å². The second kappa shape index (κ2) is 20.2. The molecule has 0 atom stereocenters. The first kappa shape index (κ1) is 31.1. The number of esters is 4. The summed E-state index contributed by atoms with van der Waals surface area (Å²) in [5.74, 6) is -1.00. The Labute approximate surface area is 211 Å². The number of carbonyl (C=O) groups is 4. The number of hydrogen-bond donors (Lipinski definition) is 2. The molecule has 1 aromatic rings. The highest BCUT2D eigenvalue weighted by Crippen LogP contribution is 2.10. The minimum atomic E-state index is -0.347. The molecule has 0 amide bonds. The molecule has 0 unspecified atom stereocenters. The third kappa shape index (κ3) is 15.1. The number of carbonyl (C=O) groups excluding carboxylic acids is 4. The lowest BCUT2D eigenvalue weighted by molar-refractivity contribution is -0.147. The first-order valence-corrected chi connectivity index (χ1v) is 12.4. The first-order chi connectivity index (χ1) is 17.5. The van der Waals surface area contributed by atoms with Gasteiger partial charge in [0.2, 0.25) is 0 Å². The summed E-state index contributed by atoms with van der Waals surface area (Å²) in [5, 5.41) is 16.2. The van der Waals surface area contributed by atoms with E-state index in [-0.39, 0.29) is 37.1 Å². The van der Waals surface area contributed by atoms with E-state index in [0.29, 0.717) is 76.1 Å². The molecule has 0 aromatic heterocycles. The quantitative estimate of drug-likeness (QED) is 0.353. The number of benzene rings is 1. The van der Waals surface area contributed by atoms with Crippen molar-refractivity contribution >= 4 is 23.9 Å². The maximum Gasteiger partial charge on any atom is 0.338 e. The van der Waals surface area contributed by atoms with Crippen LogP contribution in [0.25, 0.3) is 0 Å². The highest BCUT2D eigenvalue weighted by Gasteiger charge is 2.12. The summed E-state index contributed by atoms with van der Waals surface area (Å²) >= 11 is 0. The number of hydrogen-bond acceptors (Lipinski definition) is 10. The van der Waals surface area contributed by atoms with Crippen LogP contribution in [-0.4, -0.2) is 73.7 Å². The van der Waals surface area contributed by atoms with Gasteiger partial charge in [-0.1, -0.05) is 0 Å². The lowest BCUT2D eigenvalue weighted by Crippen LogP contribution is -2.12. The predicted octanol–water partition coefficient (Wildman–Crippen LogP) is 2.97. The monoisotopic (exact) mass is 510 g/mol. The van der Waals surface area contributed by atoms with E-state index in [4.69, 9.17) is 29.2 Å². The van der Waals surface area contributed by atoms with Gasteiger partial charge < -0.3 is 29.2 Å². The minimum absolute atomic E-state index is 0.154. The molecule has 1 aromatic carbocycles. The van der Waals surface area contributed by atoms with Gasteiger partial charge in [-0.15, -0.1) is 0 Å². The van der Waals surface area contributed by atoms with E-state index < -0.39 is 0 Å². The molecule has 3 aliphatic rings. The van der Waals surface area contributed by atoms with Gasteiger partial charge in [-0.3, -0.25) is 9.59 Å². The standard InChI is InChI=1S/C12H12O4.C10H16O4.C4H10O2/c13-11-9-3-5-10(6-4-9)12(14)16-8-2-1-7-15-11;11-9-5-1-2-6-10(12)14-8-4-3-7-13-9;5-3-1-2-4-6/h3-6H,1-2,7-8H2;1-8H2;5-6H,1-4H2. The molecular formula is C26H38O10. The van der Waals surface area contributed by atoms with E-state index in [1.807, 2.05) is 0 Å². The molecule has 2 bridgehead atoms. The summed E-state index contributed by atoms with van der Waals surface area (Å²) in [5.41, 5.74) is 0.911. The molecule has 1 fully saturated rings. The fourth-order valence-corrected chi connectivity index (χ4v) is 2.93. The molecule has 202 valence electrons. The molecule has 0 spiro atoms. The van der Waals surface area contributed by atoms with E-state index in [1.54, 1.807) is 24.3 Å². The van der Waals surface area contributed by atoms with Gasteiger partial charge in [0.1, 0.15) is 0 Å². The topological polar surface area (TPSA) is 146 Å². The number of rotatable bonds is 3. The average molecular weight is 511 g/mol. The van der Waals surface area contributed by atoms with Crippen LogP contribution in [0.5, 0.6) is 0 Å². The lowest BCUT2D eigenvalue weighted by Gasteiger charge is -2.09. The third-order valence-electron chi connectivity index (χ3n) is 5.00. The van der Waals surface area contributed by atoms with Crippen LogP contribution in [0.2, 0.25) is 0 Å². The Balaban J connectivity index is 0.000000298. The zero-order valence-electron chi connectivity index (χ0n) is 20.8. The van der Waals surface area contributed by atoms with Gasteiger partial charge >= 0.3 is 23.9 Å². The molecule has 3 heterocycles. The summed E-state index contributed by atoms with van der Waals surface area (Å²) in [4.78, 5) is 45.0. The van der Waals surface area contributed by atoms with Gasteiger partial charge in [0, 0.05) is 26.1 Å². The fourth-order valence-electron chi connectivity index (χ4n) is 2.93. The number of aliphatic hydroxyl groups is 2. The van der Waals surface area contributed by atoms with Crippen molar-refractivity contribution < 1.29 is 48.3 Å². The predicted molar refractivity (Wildman–Crippen MR) is 129 cm³/mol. The molecule has 36 heavy (non-hydrogen) atoms. The number of unbranched alkanes of at least 4 members (excludes halogenated alkanes) is 1. The molecule has 2 N–H and O–H groups in total. The Kier molecular flexibility index (Phi) is 17.5. The van der Waals surface area contributed by atoms with Crippen LogP contribution in [-0.2, 0) is 28.5 Å². The van der Waals surface area contributed by atoms with Gasteiger partial charge in [-0.2, -0.15) is 0 Å². The molecule has 10 heteroatoms. The van der Waals surface area contributed by atoms with Crippen molar-refractivity contribution in [2.45, 2.75) is 64.2 Å². The molecule has 1 saturated heterocycles. The van der Waals surface area contributed by atoms with Gasteiger partial charge in [-0.05, 0) is 75.6 Å². The van der Waals surface area contributed by atoms with Crippen LogP contribution in [0.1, 0.15) is 84.9 Å². The Morgan fingerprint density at radius 1 is 0.528 bits per heavy atom. The van der Waals surface area contributed by atoms with Crippen molar-refractivity contribution in [2.24, 2.45) is 0 Å². The summed E-state index contributed by atoms with van der Waals surface area (Å²) in [6.07, 6.45) is 6.59. The molecule has 0 saturated carbocycles. The van der Waals surface area contributed by atoms with Crippen LogP contribution >= 0.6 is 0 Å². The Morgan fingerprint density at radius 2 is 0.861 bits per heavy atom. The smallest absolute Gasteiger partial charge is 0.338 e. The Morgan fingerprint density at radius 3 is 1.19 bits per heavy atom. The highest BCUT2D eigenvalue weighted by atomic mass is 16.5. The number of cyclic esters (lactones) is 2. The van der Waals surface area contributed by atoms with Crippen molar-refractivity contribution in [3.8, 4) is 0 Å². The van der Waals surface area contributed by atoms with Crippen LogP contribution < -0.4 is 0 Å². The number of ether oxygens (including phenoxy) is 4. The molecule has 0 radical (unpaired) electrons. The first-order valence-electron chi connectivity index (χ1n) is 12.4. The SMILES string of the molecule is O=C1CCCCC(=O)OCCCCO1.O=C1OCCCCOC(=O)c2ccc1cc2.OCCCCO. The second-order valence-electron chi connectivity index (χ2n) is 8.07. The normalized spacial score (nSPS) is 17.4. The molecule has 10 nitrogen and oxygen atoms in total. The van der Waals surface area contributed by atoms with Gasteiger partial charge in [0.05, 0.1) is 37.6 Å². The van der Waals surface area contributed by atoms with E-state index in [9.17, 15) is 19.2 Å². The number of aliphatic hydroxyl groups excluding tert-OH is 2. The van der Waals surface area contributed by atoms with Gasteiger partial charge in [0.25, 0.3) is 0 Å². The van der Waals surface area contributed by atoms with E-state index in [1.165, 1.54) is 0 Å². The second-order valence-corrected chi connectivity index (χ2v) is 8.07. The van der Waals surface area contributed by atoms with Crippen molar-refractivity contribution in [3.63, 3.8) is 0 Å². The Hall–Kier alpha value is -2.98. The fraction of sp³-hybridized carbons (Fsp3) is 0.615. The maximum absolute atomic E-state index is 11.5. The minimum Gasteiger partial charge on any atom is -0.466 e. The highest BCUT2D eigenvalue weighted by molar-refractivity contribution is 5.93. The number of fused-ring (bicyclic) bond motifs is 9. The van der Waals surface area contributed by atoms with Crippen LogP contribution in [0.3, 0.4) is 0 Å². The molecule has 4 rings (SSSR count). The average Bonchev–Trinajstić information content (AvgIpc) is 2.88. The van der Waals surface area contributed by atoms with Crippen molar-refractivity contribution in [1.29, 1.82) is 0 Å². The largest absolute Gasteiger partial charge is 0.466 e. The van der Waals surface area contributed by atoms with Gasteiger partial charge in [-0.25, -0.2) is 9.59 Å². The van der Waals surface area contributed by atoms with Crippen molar-refractivity contribution in [3.05, 3.63) is 35.4 Å². The lowest BCUT2D eigenvalue weighted by atomic mass is 10.1. The zero-order chi connectivity index (χ0) is 26.4. The van der Waals surface area contributed by atoms with Crippen molar-refractivity contribution in [1.82, 2.24) is 0 Å². The molecular weight excluding hydrogens is 472 g/mol. The third-order valence-corrected chi connectivity index (χ3v) is 5.00. The summed E-state index contributed by atoms with van der Waals surface area (Å²) in [6, 6.07) is 6.28. The summed E-state index contributed by atoms with van der Waals surface area (Å²) in [6.45, 7) is 1.99. The van der Waals surface area contributed by atoms with E-state index in [0.717, 1.165) is 25.7 Å². The maximum atomic E-state index is 11.5. The van der Waals surface area contributed by atoms with Crippen LogP contribution in [0, 0.1) is 0 Å². The van der Waals surface area contributed by atoms with Crippen LogP contribution in [0.4, 0.5) is 0 Å². The van der Waals surface area contributed by atoms with E-state index >= 15 is 0 Å². The molecule has 0 aliphatic carbocycles. The Bertz CT molecular complexity index is 710. The van der Waals surface area contributed by atoms with Crippen molar-refractivity contribution in [2.75, 3.05) is 39.6 Å². The van der Waals surface area contributed by atoms with Crippen LogP contribution in [0.15, 0.2) is 24.3 Å².